The highest BCUT2D eigenvalue weighted by Crippen LogP contribution is 2.23. The van der Waals surface area contributed by atoms with Gasteiger partial charge in [0, 0.05) is 0 Å². The molecule has 3 aromatic rings. The van der Waals surface area contributed by atoms with E-state index in [0.29, 0.717) is 5.16 Å². The number of aromatic amines is 1. The maximum absolute atomic E-state index is 12.3. The van der Waals surface area contributed by atoms with E-state index in [-0.39, 0.29) is 11.2 Å². The SMILES string of the molecule is COc1ccc(/C(C)=N/NC(=O)C(C)Sc2nc3ccccc3[nH]2)cc1. The Morgan fingerprint density at radius 2 is 1.96 bits per heavy atom. The van der Waals surface area contributed by atoms with E-state index >= 15 is 0 Å². The quantitative estimate of drug-likeness (QED) is 0.396. The van der Waals surface area contributed by atoms with Crippen LogP contribution in [0.2, 0.25) is 0 Å². The number of thioether (sulfide) groups is 1. The van der Waals surface area contributed by atoms with E-state index in [1.54, 1.807) is 7.11 Å². The van der Waals surface area contributed by atoms with Gasteiger partial charge in [-0.25, -0.2) is 10.4 Å². The Kier molecular flexibility index (Phi) is 5.58. The molecule has 134 valence electrons. The molecule has 2 N–H and O–H groups in total. The molecular weight excluding hydrogens is 348 g/mol. The lowest BCUT2D eigenvalue weighted by Gasteiger charge is -2.08. The van der Waals surface area contributed by atoms with Gasteiger partial charge in [-0.3, -0.25) is 4.79 Å². The lowest BCUT2D eigenvalue weighted by molar-refractivity contribution is -0.120. The molecule has 3 rings (SSSR count). The van der Waals surface area contributed by atoms with Gasteiger partial charge < -0.3 is 9.72 Å². The van der Waals surface area contributed by atoms with Gasteiger partial charge in [0.25, 0.3) is 5.91 Å². The molecule has 0 aliphatic rings. The summed E-state index contributed by atoms with van der Waals surface area (Å²) in [5, 5.41) is 4.57. The standard InChI is InChI=1S/C19H20N4O2S/c1-12(14-8-10-15(25-3)11-9-14)22-23-18(24)13(2)26-19-20-16-6-4-5-7-17(16)21-19/h4-11,13H,1-3H3,(H,20,21)(H,23,24)/b22-12+. The molecule has 1 atom stereocenters. The van der Waals surface area contributed by atoms with E-state index in [9.17, 15) is 4.79 Å². The summed E-state index contributed by atoms with van der Waals surface area (Å²) in [5.74, 6) is 0.602. The smallest absolute Gasteiger partial charge is 0.253 e. The topological polar surface area (TPSA) is 79.4 Å². The Morgan fingerprint density at radius 3 is 2.65 bits per heavy atom. The van der Waals surface area contributed by atoms with Gasteiger partial charge in [0.2, 0.25) is 0 Å². The van der Waals surface area contributed by atoms with Crippen molar-refractivity contribution in [3.63, 3.8) is 0 Å². The lowest BCUT2D eigenvalue weighted by atomic mass is 10.1. The van der Waals surface area contributed by atoms with Gasteiger partial charge >= 0.3 is 0 Å². The summed E-state index contributed by atoms with van der Waals surface area (Å²) in [5.41, 5.74) is 6.10. The number of benzene rings is 2. The first kappa shape index (κ1) is 18.0. The molecule has 0 bridgehead atoms. The second-order valence-electron chi connectivity index (χ2n) is 5.72. The van der Waals surface area contributed by atoms with Crippen LogP contribution in [0.3, 0.4) is 0 Å². The minimum Gasteiger partial charge on any atom is -0.497 e. The molecule has 26 heavy (non-hydrogen) atoms. The normalized spacial score (nSPS) is 12.8. The largest absolute Gasteiger partial charge is 0.497 e. The van der Waals surface area contributed by atoms with Crippen LogP contribution in [-0.4, -0.2) is 33.9 Å². The first-order chi connectivity index (χ1) is 12.6. The summed E-state index contributed by atoms with van der Waals surface area (Å²) >= 11 is 1.37. The number of nitrogens with one attached hydrogen (secondary N) is 2. The first-order valence-corrected chi connectivity index (χ1v) is 9.05. The van der Waals surface area contributed by atoms with Crippen LogP contribution in [0.1, 0.15) is 19.4 Å². The number of hydrogen-bond donors (Lipinski definition) is 2. The third-order valence-corrected chi connectivity index (χ3v) is 4.85. The molecule has 1 unspecified atom stereocenters. The summed E-state index contributed by atoms with van der Waals surface area (Å²) in [4.78, 5) is 20.0. The van der Waals surface area contributed by atoms with Crippen molar-refractivity contribution in [1.82, 2.24) is 15.4 Å². The van der Waals surface area contributed by atoms with Crippen LogP contribution in [0, 0.1) is 0 Å². The zero-order chi connectivity index (χ0) is 18.5. The van der Waals surface area contributed by atoms with Crippen molar-refractivity contribution in [3.05, 3.63) is 54.1 Å². The molecule has 0 aliphatic heterocycles. The highest BCUT2D eigenvalue weighted by atomic mass is 32.2. The molecule has 6 nitrogen and oxygen atoms in total. The second-order valence-corrected chi connectivity index (χ2v) is 7.05. The van der Waals surface area contributed by atoms with Crippen LogP contribution < -0.4 is 10.2 Å². The fourth-order valence-corrected chi connectivity index (χ4v) is 3.15. The molecule has 7 heteroatoms. The molecule has 0 saturated carbocycles. The highest BCUT2D eigenvalue weighted by molar-refractivity contribution is 8.00. The number of rotatable bonds is 6. The number of ether oxygens (including phenoxy) is 1. The lowest BCUT2D eigenvalue weighted by Crippen LogP contribution is -2.27. The summed E-state index contributed by atoms with van der Waals surface area (Å²) in [6, 6.07) is 15.3. The minimum absolute atomic E-state index is 0.177. The summed E-state index contributed by atoms with van der Waals surface area (Å²) in [6.45, 7) is 3.67. The Morgan fingerprint density at radius 1 is 1.23 bits per heavy atom. The number of imidazole rings is 1. The molecule has 0 spiro atoms. The average molecular weight is 368 g/mol. The molecule has 0 saturated heterocycles. The molecule has 0 radical (unpaired) electrons. The van der Waals surface area contributed by atoms with E-state index in [0.717, 1.165) is 28.1 Å². The fourth-order valence-electron chi connectivity index (χ4n) is 2.33. The van der Waals surface area contributed by atoms with Crippen LogP contribution in [0.25, 0.3) is 11.0 Å². The number of hydrogen-bond acceptors (Lipinski definition) is 5. The van der Waals surface area contributed by atoms with E-state index in [4.69, 9.17) is 4.74 Å². The maximum Gasteiger partial charge on any atom is 0.253 e. The number of fused-ring (bicyclic) bond motifs is 1. The Bertz CT molecular complexity index is 901. The molecule has 0 fully saturated rings. The van der Waals surface area contributed by atoms with Gasteiger partial charge in [-0.05, 0) is 55.8 Å². The van der Waals surface area contributed by atoms with Gasteiger partial charge in [0.15, 0.2) is 5.16 Å². The van der Waals surface area contributed by atoms with Crippen LogP contribution >= 0.6 is 11.8 Å². The van der Waals surface area contributed by atoms with E-state index < -0.39 is 0 Å². The molecule has 0 aliphatic carbocycles. The van der Waals surface area contributed by atoms with Crippen molar-refractivity contribution < 1.29 is 9.53 Å². The Hall–Kier alpha value is -2.80. The zero-order valence-electron chi connectivity index (χ0n) is 14.8. The van der Waals surface area contributed by atoms with Gasteiger partial charge in [-0.1, -0.05) is 23.9 Å². The number of methoxy groups -OCH3 is 1. The van der Waals surface area contributed by atoms with Crippen molar-refractivity contribution in [1.29, 1.82) is 0 Å². The predicted octanol–water partition coefficient (Wildman–Crippen LogP) is 3.59. The number of hydrazone groups is 1. The Balaban J connectivity index is 1.60. The van der Waals surface area contributed by atoms with Gasteiger partial charge in [0.05, 0.1) is 29.1 Å². The number of amides is 1. The van der Waals surface area contributed by atoms with E-state index in [1.807, 2.05) is 62.4 Å². The van der Waals surface area contributed by atoms with Crippen molar-refractivity contribution in [2.24, 2.45) is 5.10 Å². The summed E-state index contributed by atoms with van der Waals surface area (Å²) < 4.78 is 5.14. The number of nitrogens with zero attached hydrogens (tertiary/aromatic N) is 2. The number of H-pyrrole nitrogens is 1. The monoisotopic (exact) mass is 368 g/mol. The average Bonchev–Trinajstić information content (AvgIpc) is 3.08. The van der Waals surface area contributed by atoms with Crippen molar-refractivity contribution in [2.75, 3.05) is 7.11 Å². The first-order valence-electron chi connectivity index (χ1n) is 8.17. The highest BCUT2D eigenvalue weighted by Gasteiger charge is 2.16. The second kappa shape index (κ2) is 8.05. The van der Waals surface area contributed by atoms with Gasteiger partial charge in [0.1, 0.15) is 5.75 Å². The molecule has 1 heterocycles. The molecule has 2 aromatic carbocycles. The summed E-state index contributed by atoms with van der Waals surface area (Å²) in [6.07, 6.45) is 0. The minimum atomic E-state index is -0.331. The maximum atomic E-state index is 12.3. The van der Waals surface area contributed by atoms with Crippen LogP contribution in [0.4, 0.5) is 0 Å². The van der Waals surface area contributed by atoms with Gasteiger partial charge in [-0.2, -0.15) is 5.10 Å². The summed E-state index contributed by atoms with van der Waals surface area (Å²) in [7, 11) is 1.62. The third-order valence-electron chi connectivity index (χ3n) is 3.87. The van der Waals surface area contributed by atoms with Crippen LogP contribution in [0.5, 0.6) is 5.75 Å². The third kappa shape index (κ3) is 4.23. The number of aromatic nitrogens is 2. The fraction of sp³-hybridized carbons (Fsp3) is 0.211. The predicted molar refractivity (Wildman–Crippen MR) is 105 cm³/mol. The van der Waals surface area contributed by atoms with Crippen LogP contribution in [-0.2, 0) is 4.79 Å². The van der Waals surface area contributed by atoms with Crippen molar-refractivity contribution in [3.8, 4) is 5.75 Å². The van der Waals surface area contributed by atoms with E-state index in [1.165, 1.54) is 11.8 Å². The molecule has 1 aromatic heterocycles. The van der Waals surface area contributed by atoms with Gasteiger partial charge in [-0.15, -0.1) is 0 Å². The van der Waals surface area contributed by atoms with Crippen LogP contribution in [0.15, 0.2) is 58.8 Å². The van der Waals surface area contributed by atoms with Crippen molar-refractivity contribution >= 4 is 34.4 Å². The Labute approximate surface area is 156 Å². The molecular formula is C19H20N4O2S. The number of carbonyl (C=O) groups excluding carboxylic acids is 1. The van der Waals surface area contributed by atoms with Crippen molar-refractivity contribution in [2.45, 2.75) is 24.3 Å². The number of carbonyl (C=O) groups is 1. The molecule has 1 amide bonds. The number of para-hydroxylation sites is 2. The van der Waals surface area contributed by atoms with E-state index in [2.05, 4.69) is 20.5 Å². The zero-order valence-corrected chi connectivity index (χ0v) is 15.6.